The van der Waals surface area contributed by atoms with Crippen LogP contribution in [0.1, 0.15) is 50.0 Å². The van der Waals surface area contributed by atoms with Gasteiger partial charge >= 0.3 is 0 Å². The zero-order chi connectivity index (χ0) is 28.3. The van der Waals surface area contributed by atoms with Crippen LogP contribution in [0.25, 0.3) is 5.82 Å². The summed E-state index contributed by atoms with van der Waals surface area (Å²) < 4.78 is 20.4. The molecule has 3 atom stereocenters. The number of aromatic amines is 1. The van der Waals surface area contributed by atoms with Gasteiger partial charge in [-0.05, 0) is 63.2 Å². The first kappa shape index (κ1) is 27.1. The van der Waals surface area contributed by atoms with Gasteiger partial charge in [-0.3, -0.25) is 14.9 Å². The molecule has 208 valence electrons. The van der Waals surface area contributed by atoms with E-state index in [1.807, 2.05) is 26.0 Å². The van der Waals surface area contributed by atoms with E-state index in [-0.39, 0.29) is 29.8 Å². The first-order valence-electron chi connectivity index (χ1n) is 13.1. The SMILES string of the molecule is CO[C@]1(C(=O)N[C@@H](C)c2ccc(-n3cc(F)cn3)nc2)CC[C@H](C2N=C(Nc3n[nH]c(C)n3)C=CC2C#N)CC1. The van der Waals surface area contributed by atoms with Gasteiger partial charge in [0, 0.05) is 13.3 Å². The third kappa shape index (κ3) is 5.62. The van der Waals surface area contributed by atoms with E-state index in [1.54, 1.807) is 25.4 Å². The highest BCUT2D eigenvalue weighted by atomic mass is 19.1. The molecular weight excluding hydrogens is 515 g/mol. The number of aliphatic imine (C=N–C) groups is 1. The van der Waals surface area contributed by atoms with Gasteiger partial charge in [-0.2, -0.15) is 15.3 Å². The maximum Gasteiger partial charge on any atom is 0.252 e. The molecule has 1 aliphatic carbocycles. The second-order valence-corrected chi connectivity index (χ2v) is 10.2. The minimum atomic E-state index is -0.974. The van der Waals surface area contributed by atoms with Gasteiger partial charge in [0.15, 0.2) is 11.6 Å². The zero-order valence-corrected chi connectivity index (χ0v) is 22.5. The number of nitriles is 1. The van der Waals surface area contributed by atoms with Crippen molar-refractivity contribution in [3.63, 3.8) is 0 Å². The lowest BCUT2D eigenvalue weighted by Gasteiger charge is -2.41. The van der Waals surface area contributed by atoms with Gasteiger partial charge in [-0.25, -0.2) is 14.1 Å². The molecule has 1 amide bonds. The van der Waals surface area contributed by atoms with Crippen LogP contribution < -0.4 is 10.6 Å². The van der Waals surface area contributed by atoms with Crippen LogP contribution in [0.3, 0.4) is 0 Å². The number of hydrogen-bond acceptors (Lipinski definition) is 9. The first-order chi connectivity index (χ1) is 19.3. The van der Waals surface area contributed by atoms with Crippen LogP contribution in [0.4, 0.5) is 10.3 Å². The number of H-pyrrole nitrogens is 1. The van der Waals surface area contributed by atoms with Crippen molar-refractivity contribution in [1.29, 1.82) is 5.26 Å². The minimum absolute atomic E-state index is 0.109. The molecule has 40 heavy (non-hydrogen) atoms. The van der Waals surface area contributed by atoms with E-state index in [2.05, 4.69) is 42.0 Å². The smallest absolute Gasteiger partial charge is 0.252 e. The minimum Gasteiger partial charge on any atom is -0.368 e. The second kappa shape index (κ2) is 11.4. The standard InChI is InChI=1S/C27H31FN10O2/c1-16(20-5-7-23(30-13-20)38-15-21(28)14-31-38)32-25(39)27(40-3)10-8-18(9-11-27)24-19(12-29)4-6-22(34-24)35-26-33-17(2)36-37-26/h4-7,13-16,18-19,24H,8-11H2,1-3H3,(H,32,39)(H2,33,34,35,36,37)/t16-,18-,19?,24?,27+/m0/s1. The number of dihydropyridines is 1. The quantitative estimate of drug-likeness (QED) is 0.408. The van der Waals surface area contributed by atoms with Crippen LogP contribution in [0.2, 0.25) is 0 Å². The number of halogens is 1. The van der Waals surface area contributed by atoms with Crippen LogP contribution in [0.5, 0.6) is 0 Å². The van der Waals surface area contributed by atoms with Gasteiger partial charge in [0.2, 0.25) is 5.95 Å². The molecule has 1 fully saturated rings. The number of carbonyl (C=O) groups is 1. The van der Waals surface area contributed by atoms with Crippen LogP contribution in [0.15, 0.2) is 47.9 Å². The number of carbonyl (C=O) groups excluding carboxylic acids is 1. The van der Waals surface area contributed by atoms with E-state index in [0.717, 1.165) is 11.8 Å². The van der Waals surface area contributed by atoms with Gasteiger partial charge in [-0.1, -0.05) is 12.1 Å². The number of amidine groups is 1. The van der Waals surface area contributed by atoms with Crippen molar-refractivity contribution < 1.29 is 13.9 Å². The summed E-state index contributed by atoms with van der Waals surface area (Å²) in [5.41, 5.74) is -0.176. The summed E-state index contributed by atoms with van der Waals surface area (Å²) in [5.74, 6) is 1.29. The molecule has 2 aliphatic rings. The summed E-state index contributed by atoms with van der Waals surface area (Å²) in [6.07, 6.45) is 10.0. The first-order valence-corrected chi connectivity index (χ1v) is 13.1. The summed E-state index contributed by atoms with van der Waals surface area (Å²) in [6, 6.07) is 5.33. The molecule has 0 bridgehead atoms. The van der Waals surface area contributed by atoms with Crippen molar-refractivity contribution >= 4 is 17.7 Å². The Morgan fingerprint density at radius 2 is 2.12 bits per heavy atom. The van der Waals surface area contributed by atoms with Crippen LogP contribution in [-0.4, -0.2) is 60.4 Å². The molecule has 0 radical (unpaired) electrons. The Kier molecular flexibility index (Phi) is 7.70. The summed E-state index contributed by atoms with van der Waals surface area (Å²) in [5, 5.41) is 26.7. The fourth-order valence-corrected chi connectivity index (χ4v) is 5.30. The molecule has 0 spiro atoms. The average molecular weight is 547 g/mol. The topological polar surface area (TPSA) is 159 Å². The van der Waals surface area contributed by atoms with Gasteiger partial charge in [-0.15, -0.1) is 5.10 Å². The molecule has 1 aliphatic heterocycles. The van der Waals surface area contributed by atoms with E-state index in [9.17, 15) is 14.4 Å². The summed E-state index contributed by atoms with van der Waals surface area (Å²) in [6.45, 7) is 3.69. The van der Waals surface area contributed by atoms with Crippen LogP contribution in [-0.2, 0) is 9.53 Å². The molecule has 2 unspecified atom stereocenters. The molecule has 1 saturated carbocycles. The fourth-order valence-electron chi connectivity index (χ4n) is 5.30. The monoisotopic (exact) mass is 546 g/mol. The number of amides is 1. The van der Waals surface area contributed by atoms with E-state index in [0.29, 0.717) is 49.1 Å². The lowest BCUT2D eigenvalue weighted by atomic mass is 9.72. The van der Waals surface area contributed by atoms with Crippen molar-refractivity contribution in [2.75, 3.05) is 12.4 Å². The molecule has 3 N–H and O–H groups in total. The Hall–Kier alpha value is -4.44. The predicted octanol–water partition coefficient (Wildman–Crippen LogP) is 3.17. The number of nitrogens with one attached hydrogen (secondary N) is 3. The molecule has 3 aromatic rings. The number of ether oxygens (including phenoxy) is 1. The second-order valence-electron chi connectivity index (χ2n) is 10.2. The highest BCUT2D eigenvalue weighted by Crippen LogP contribution is 2.40. The van der Waals surface area contributed by atoms with Crippen molar-refractivity contribution in [2.24, 2.45) is 16.8 Å². The third-order valence-electron chi connectivity index (χ3n) is 7.63. The Balaban J connectivity index is 1.22. The highest BCUT2D eigenvalue weighted by Gasteiger charge is 2.45. The molecular formula is C27H31FN10O2. The molecule has 12 nitrogen and oxygen atoms in total. The number of anilines is 1. The highest BCUT2D eigenvalue weighted by molar-refractivity contribution is 6.03. The molecule has 3 aromatic heterocycles. The van der Waals surface area contributed by atoms with Gasteiger partial charge < -0.3 is 15.4 Å². The Bertz CT molecular complexity index is 1450. The molecule has 0 saturated heterocycles. The van der Waals surface area contributed by atoms with Gasteiger partial charge in [0.25, 0.3) is 5.91 Å². The largest absolute Gasteiger partial charge is 0.368 e. The average Bonchev–Trinajstić information content (AvgIpc) is 3.60. The van der Waals surface area contributed by atoms with E-state index in [4.69, 9.17) is 9.73 Å². The number of aryl methyl sites for hydroxylation is 1. The van der Waals surface area contributed by atoms with E-state index in [1.165, 1.54) is 10.9 Å². The molecule has 5 rings (SSSR count). The third-order valence-corrected chi connectivity index (χ3v) is 7.63. The van der Waals surface area contributed by atoms with Crippen molar-refractivity contribution in [3.8, 4) is 11.9 Å². The van der Waals surface area contributed by atoms with Crippen LogP contribution in [0, 0.1) is 35.9 Å². The molecule has 4 heterocycles. The van der Waals surface area contributed by atoms with Crippen molar-refractivity contribution in [3.05, 3.63) is 60.1 Å². The fraction of sp³-hybridized carbons (Fsp3) is 0.444. The summed E-state index contributed by atoms with van der Waals surface area (Å²) >= 11 is 0. The maximum absolute atomic E-state index is 13.5. The number of hydrogen-bond donors (Lipinski definition) is 3. The maximum atomic E-state index is 13.5. The van der Waals surface area contributed by atoms with Crippen molar-refractivity contribution in [2.45, 2.75) is 57.2 Å². The number of pyridine rings is 1. The predicted molar refractivity (Wildman–Crippen MR) is 144 cm³/mol. The Morgan fingerprint density at radius 3 is 2.73 bits per heavy atom. The summed E-state index contributed by atoms with van der Waals surface area (Å²) in [7, 11) is 1.56. The lowest BCUT2D eigenvalue weighted by Crippen LogP contribution is -2.52. The van der Waals surface area contributed by atoms with E-state index < -0.39 is 11.4 Å². The number of rotatable bonds is 7. The van der Waals surface area contributed by atoms with Gasteiger partial charge in [0.05, 0.1) is 36.5 Å². The Morgan fingerprint density at radius 1 is 1.32 bits per heavy atom. The molecule has 0 aromatic carbocycles. The number of nitrogens with zero attached hydrogens (tertiary/aromatic N) is 7. The van der Waals surface area contributed by atoms with E-state index >= 15 is 0 Å². The van der Waals surface area contributed by atoms with Crippen LogP contribution >= 0.6 is 0 Å². The molecule has 13 heteroatoms. The zero-order valence-electron chi connectivity index (χ0n) is 22.5. The lowest BCUT2D eigenvalue weighted by molar-refractivity contribution is -0.149. The van der Waals surface area contributed by atoms with Crippen molar-refractivity contribution in [1.82, 2.24) is 35.3 Å². The number of methoxy groups -OCH3 is 1. The summed E-state index contributed by atoms with van der Waals surface area (Å²) in [4.78, 5) is 26.9. The normalized spacial score (nSPS) is 25.1. The van der Waals surface area contributed by atoms with Gasteiger partial charge in [0.1, 0.15) is 17.3 Å². The number of aromatic nitrogens is 6. The Labute approximate surface area is 230 Å².